The maximum atomic E-state index is 12.5. The number of thiophene rings is 1. The van der Waals surface area contributed by atoms with Gasteiger partial charge >= 0.3 is 5.97 Å². The van der Waals surface area contributed by atoms with E-state index in [0.29, 0.717) is 27.6 Å². The van der Waals surface area contributed by atoms with E-state index < -0.39 is 5.97 Å². The summed E-state index contributed by atoms with van der Waals surface area (Å²) in [5, 5.41) is 7.39. The molecule has 0 atom stereocenters. The molecule has 8 heteroatoms. The Morgan fingerprint density at radius 1 is 0.900 bits per heavy atom. The molecule has 7 nitrogen and oxygen atoms in total. The van der Waals surface area contributed by atoms with Gasteiger partial charge in [0.1, 0.15) is 5.75 Å². The van der Waals surface area contributed by atoms with Crippen molar-refractivity contribution in [3.8, 4) is 5.75 Å². The highest BCUT2D eigenvalue weighted by Gasteiger charge is 2.10. The quantitative estimate of drug-likeness (QED) is 0.529. The second-order valence-electron chi connectivity index (χ2n) is 6.08. The van der Waals surface area contributed by atoms with Crippen molar-refractivity contribution in [1.82, 2.24) is 0 Å². The molecule has 3 rings (SSSR count). The van der Waals surface area contributed by atoms with Crippen LogP contribution >= 0.6 is 11.3 Å². The van der Waals surface area contributed by atoms with E-state index in [-0.39, 0.29) is 25.0 Å². The third-order valence-electron chi connectivity index (χ3n) is 3.90. The van der Waals surface area contributed by atoms with Crippen LogP contribution in [0.2, 0.25) is 0 Å². The van der Waals surface area contributed by atoms with Crippen molar-refractivity contribution in [3.63, 3.8) is 0 Å². The van der Waals surface area contributed by atoms with Crippen molar-refractivity contribution in [2.45, 2.75) is 6.92 Å². The highest BCUT2D eigenvalue weighted by molar-refractivity contribution is 7.12. The van der Waals surface area contributed by atoms with Crippen LogP contribution in [-0.4, -0.2) is 31.0 Å². The summed E-state index contributed by atoms with van der Waals surface area (Å²) in [6.45, 7) is 1.80. The van der Waals surface area contributed by atoms with Crippen molar-refractivity contribution < 1.29 is 23.9 Å². The molecule has 0 fully saturated rings. The molecule has 0 spiro atoms. The minimum Gasteiger partial charge on any atom is -0.482 e. The Morgan fingerprint density at radius 2 is 1.67 bits per heavy atom. The van der Waals surface area contributed by atoms with Gasteiger partial charge in [-0.15, -0.1) is 11.3 Å². The van der Waals surface area contributed by atoms with Gasteiger partial charge < -0.3 is 20.1 Å². The van der Waals surface area contributed by atoms with E-state index in [1.165, 1.54) is 11.3 Å². The maximum Gasteiger partial charge on any atom is 0.344 e. The van der Waals surface area contributed by atoms with Crippen molar-refractivity contribution >= 4 is 40.5 Å². The first-order valence-electron chi connectivity index (χ1n) is 9.20. The summed E-state index contributed by atoms with van der Waals surface area (Å²) >= 11 is 1.36. The molecule has 0 aliphatic rings. The van der Waals surface area contributed by atoms with Crippen LogP contribution in [0.3, 0.4) is 0 Å². The van der Waals surface area contributed by atoms with Gasteiger partial charge in [-0.05, 0) is 54.8 Å². The highest BCUT2D eigenvalue weighted by atomic mass is 32.1. The zero-order valence-electron chi connectivity index (χ0n) is 16.2. The first kappa shape index (κ1) is 21.1. The van der Waals surface area contributed by atoms with E-state index in [0.717, 1.165) is 0 Å². The molecule has 1 heterocycles. The molecule has 2 N–H and O–H groups in total. The highest BCUT2D eigenvalue weighted by Crippen LogP contribution is 2.19. The molecule has 0 aliphatic heterocycles. The fourth-order valence-electron chi connectivity index (χ4n) is 2.52. The number of anilines is 2. The molecular formula is C22H20N2O5S. The molecule has 0 saturated carbocycles. The predicted octanol–water partition coefficient (Wildman–Crippen LogP) is 4.19. The van der Waals surface area contributed by atoms with Crippen LogP contribution < -0.4 is 15.4 Å². The Labute approximate surface area is 177 Å². The summed E-state index contributed by atoms with van der Waals surface area (Å²) in [6, 6.07) is 16.9. The Morgan fingerprint density at radius 3 is 2.37 bits per heavy atom. The molecule has 0 aliphatic carbocycles. The zero-order valence-corrected chi connectivity index (χ0v) is 17.0. The Kier molecular flexibility index (Phi) is 7.18. The van der Waals surface area contributed by atoms with Gasteiger partial charge in [0.25, 0.3) is 11.8 Å². The summed E-state index contributed by atoms with van der Waals surface area (Å²) in [7, 11) is 0. The topological polar surface area (TPSA) is 93.7 Å². The monoisotopic (exact) mass is 424 g/mol. The van der Waals surface area contributed by atoms with Crippen LogP contribution in [0.1, 0.15) is 27.0 Å². The van der Waals surface area contributed by atoms with E-state index >= 15 is 0 Å². The second kappa shape index (κ2) is 10.2. The van der Waals surface area contributed by atoms with Gasteiger partial charge in [0.2, 0.25) is 0 Å². The minimum absolute atomic E-state index is 0.193. The van der Waals surface area contributed by atoms with Crippen molar-refractivity contribution in [3.05, 3.63) is 76.5 Å². The first-order chi connectivity index (χ1) is 14.5. The number of carbonyl (C=O) groups excluding carboxylic acids is 3. The Bertz CT molecular complexity index is 1020. The molecule has 2 aromatic carbocycles. The Balaban J connectivity index is 1.57. The van der Waals surface area contributed by atoms with E-state index in [9.17, 15) is 14.4 Å². The fraction of sp³-hybridized carbons (Fsp3) is 0.136. The number of hydrogen-bond donors (Lipinski definition) is 2. The summed E-state index contributed by atoms with van der Waals surface area (Å²) in [5.74, 6) is -0.527. The number of carbonyl (C=O) groups is 3. The van der Waals surface area contributed by atoms with Gasteiger partial charge in [-0.3, -0.25) is 9.59 Å². The molecule has 3 aromatic rings. The normalized spacial score (nSPS) is 10.2. The van der Waals surface area contributed by atoms with E-state index in [4.69, 9.17) is 9.47 Å². The minimum atomic E-state index is -0.460. The average Bonchev–Trinajstić information content (AvgIpc) is 3.28. The molecular weight excluding hydrogens is 404 g/mol. The summed E-state index contributed by atoms with van der Waals surface area (Å²) in [6.07, 6.45) is 0. The molecule has 0 bridgehead atoms. The molecule has 154 valence electrons. The zero-order chi connectivity index (χ0) is 21.3. The molecule has 2 amide bonds. The van der Waals surface area contributed by atoms with Gasteiger partial charge in [-0.25, -0.2) is 4.79 Å². The SMILES string of the molecule is CCOC(=O)COc1cccc(NC(=O)c2ccc(NC(=O)c3cccs3)cc2)c1. The van der Waals surface area contributed by atoms with Crippen molar-refractivity contribution in [2.24, 2.45) is 0 Å². The lowest BCUT2D eigenvalue weighted by Gasteiger charge is -2.09. The number of esters is 1. The van der Waals surface area contributed by atoms with Crippen molar-refractivity contribution in [2.75, 3.05) is 23.8 Å². The largest absolute Gasteiger partial charge is 0.482 e. The third kappa shape index (κ3) is 5.92. The van der Waals surface area contributed by atoms with Crippen LogP contribution in [0.4, 0.5) is 11.4 Å². The van der Waals surface area contributed by atoms with Gasteiger partial charge in [0.05, 0.1) is 11.5 Å². The number of benzene rings is 2. The summed E-state index contributed by atoms with van der Waals surface area (Å²) in [4.78, 5) is 36.6. The number of amides is 2. The van der Waals surface area contributed by atoms with E-state index in [1.807, 2.05) is 11.4 Å². The van der Waals surface area contributed by atoms with Crippen LogP contribution in [0.25, 0.3) is 0 Å². The van der Waals surface area contributed by atoms with Crippen LogP contribution in [0.15, 0.2) is 66.0 Å². The average molecular weight is 424 g/mol. The van der Waals surface area contributed by atoms with Crippen molar-refractivity contribution in [1.29, 1.82) is 0 Å². The summed E-state index contributed by atoms with van der Waals surface area (Å²) < 4.78 is 10.2. The lowest BCUT2D eigenvalue weighted by molar-refractivity contribution is -0.145. The molecule has 30 heavy (non-hydrogen) atoms. The molecule has 0 saturated heterocycles. The van der Waals surface area contributed by atoms with Crippen LogP contribution in [-0.2, 0) is 9.53 Å². The predicted molar refractivity (Wildman–Crippen MR) is 115 cm³/mol. The summed E-state index contributed by atoms with van der Waals surface area (Å²) in [5.41, 5.74) is 1.55. The van der Waals surface area contributed by atoms with Crippen LogP contribution in [0.5, 0.6) is 5.75 Å². The number of ether oxygens (including phenoxy) is 2. The van der Waals surface area contributed by atoms with E-state index in [2.05, 4.69) is 10.6 Å². The number of hydrogen-bond acceptors (Lipinski definition) is 6. The van der Waals surface area contributed by atoms with E-state index in [1.54, 1.807) is 61.5 Å². The lowest BCUT2D eigenvalue weighted by atomic mass is 10.2. The fourth-order valence-corrected chi connectivity index (χ4v) is 3.14. The standard InChI is InChI=1S/C22H20N2O5S/c1-2-28-20(25)14-29-18-6-3-5-17(13-18)24-21(26)15-8-10-16(11-9-15)23-22(27)19-7-4-12-30-19/h3-13H,2,14H2,1H3,(H,23,27)(H,24,26). The lowest BCUT2D eigenvalue weighted by Crippen LogP contribution is -2.15. The number of nitrogens with one attached hydrogen (secondary N) is 2. The molecule has 1 aromatic heterocycles. The van der Waals surface area contributed by atoms with Gasteiger partial charge in [-0.1, -0.05) is 12.1 Å². The first-order valence-corrected chi connectivity index (χ1v) is 10.1. The maximum absolute atomic E-state index is 12.5. The molecule has 0 radical (unpaired) electrons. The van der Waals surface area contributed by atoms with Crippen LogP contribution in [0, 0.1) is 0 Å². The van der Waals surface area contributed by atoms with Gasteiger partial charge in [0.15, 0.2) is 6.61 Å². The Hall–Kier alpha value is -3.65. The van der Waals surface area contributed by atoms with Gasteiger partial charge in [0, 0.05) is 23.0 Å². The third-order valence-corrected chi connectivity index (χ3v) is 4.77. The second-order valence-corrected chi connectivity index (χ2v) is 7.03. The van der Waals surface area contributed by atoms with Gasteiger partial charge in [-0.2, -0.15) is 0 Å². The smallest absolute Gasteiger partial charge is 0.344 e. The number of rotatable bonds is 8. The molecule has 0 unspecified atom stereocenters.